The third kappa shape index (κ3) is 3.58. The van der Waals surface area contributed by atoms with Crippen LogP contribution in [0.15, 0.2) is 47.4 Å². The molecule has 112 valence electrons. The fourth-order valence-corrected chi connectivity index (χ4v) is 2.61. The minimum Gasteiger partial charge on any atom is -0.378 e. The minimum absolute atomic E-state index is 0.206. The summed E-state index contributed by atoms with van der Waals surface area (Å²) >= 11 is 0. The summed E-state index contributed by atoms with van der Waals surface area (Å²) in [6.45, 7) is 1.70. The Morgan fingerprint density at radius 3 is 2.24 bits per heavy atom. The highest BCUT2D eigenvalue weighted by atomic mass is 32.2. The van der Waals surface area contributed by atoms with Crippen molar-refractivity contribution in [1.29, 1.82) is 0 Å². The number of benzene rings is 2. The molecule has 3 nitrogen and oxygen atoms in total. The van der Waals surface area contributed by atoms with Crippen LogP contribution < -0.4 is 5.32 Å². The molecule has 0 amide bonds. The molecule has 1 atom stereocenters. The van der Waals surface area contributed by atoms with Crippen LogP contribution >= 0.6 is 0 Å². The van der Waals surface area contributed by atoms with Crippen molar-refractivity contribution in [3.05, 3.63) is 59.7 Å². The molecule has 1 unspecified atom stereocenters. The summed E-state index contributed by atoms with van der Waals surface area (Å²) in [6, 6.07) is 9.66. The van der Waals surface area contributed by atoms with E-state index in [2.05, 4.69) is 5.32 Å². The summed E-state index contributed by atoms with van der Waals surface area (Å²) in [7, 11) is -3.25. The maximum Gasteiger partial charge on any atom is 0.175 e. The van der Waals surface area contributed by atoms with Gasteiger partial charge in [-0.1, -0.05) is 12.1 Å². The number of rotatable bonds is 4. The van der Waals surface area contributed by atoms with Gasteiger partial charge in [0.05, 0.1) is 10.9 Å². The molecule has 0 aliphatic heterocycles. The Morgan fingerprint density at radius 1 is 1.05 bits per heavy atom. The summed E-state index contributed by atoms with van der Waals surface area (Å²) in [5, 5.41) is 3.00. The van der Waals surface area contributed by atoms with Crippen molar-refractivity contribution in [2.45, 2.75) is 17.9 Å². The second-order valence-corrected chi connectivity index (χ2v) is 6.82. The van der Waals surface area contributed by atoms with E-state index in [1.165, 1.54) is 24.3 Å². The predicted octanol–water partition coefficient (Wildman–Crippen LogP) is 3.54. The lowest BCUT2D eigenvalue weighted by atomic mass is 10.1. The van der Waals surface area contributed by atoms with E-state index in [9.17, 15) is 17.2 Å². The molecule has 0 heterocycles. The number of halogens is 2. The molecule has 0 bridgehead atoms. The van der Waals surface area contributed by atoms with E-state index in [1.807, 2.05) is 0 Å². The van der Waals surface area contributed by atoms with Gasteiger partial charge >= 0.3 is 0 Å². The smallest absolute Gasteiger partial charge is 0.175 e. The Balaban J connectivity index is 2.20. The van der Waals surface area contributed by atoms with Crippen LogP contribution in [0.2, 0.25) is 0 Å². The van der Waals surface area contributed by atoms with Gasteiger partial charge in [-0.2, -0.15) is 0 Å². The SMILES string of the molecule is CC(Nc1ccc(S(C)(=O)=O)cc1)c1cccc(F)c1F. The van der Waals surface area contributed by atoms with Crippen molar-refractivity contribution in [2.75, 3.05) is 11.6 Å². The molecule has 0 saturated heterocycles. The molecule has 1 N–H and O–H groups in total. The summed E-state index contributed by atoms with van der Waals surface area (Å²) in [6.07, 6.45) is 1.13. The summed E-state index contributed by atoms with van der Waals surface area (Å²) in [5.41, 5.74) is 0.834. The molecule has 0 radical (unpaired) electrons. The van der Waals surface area contributed by atoms with Crippen LogP contribution in [0, 0.1) is 11.6 Å². The van der Waals surface area contributed by atoms with Gasteiger partial charge in [-0.15, -0.1) is 0 Å². The molecule has 0 aromatic heterocycles. The Kier molecular flexibility index (Phi) is 4.27. The van der Waals surface area contributed by atoms with Crippen LogP contribution in [-0.4, -0.2) is 14.7 Å². The molecule has 0 aliphatic rings. The van der Waals surface area contributed by atoms with Crippen molar-refractivity contribution < 1.29 is 17.2 Å². The predicted molar refractivity (Wildman–Crippen MR) is 77.9 cm³/mol. The van der Waals surface area contributed by atoms with Gasteiger partial charge in [-0.05, 0) is 37.3 Å². The van der Waals surface area contributed by atoms with Crippen molar-refractivity contribution in [1.82, 2.24) is 0 Å². The van der Waals surface area contributed by atoms with Crippen LogP contribution in [0.1, 0.15) is 18.5 Å². The molecule has 6 heteroatoms. The van der Waals surface area contributed by atoms with Crippen molar-refractivity contribution in [3.63, 3.8) is 0 Å². The first-order chi connectivity index (χ1) is 9.79. The maximum absolute atomic E-state index is 13.7. The zero-order valence-corrected chi connectivity index (χ0v) is 12.4. The van der Waals surface area contributed by atoms with Gasteiger partial charge in [-0.3, -0.25) is 0 Å². The van der Waals surface area contributed by atoms with Crippen molar-refractivity contribution in [2.24, 2.45) is 0 Å². The van der Waals surface area contributed by atoms with Crippen molar-refractivity contribution >= 4 is 15.5 Å². The van der Waals surface area contributed by atoms with Crippen LogP contribution in [0.4, 0.5) is 14.5 Å². The first-order valence-corrected chi connectivity index (χ1v) is 8.19. The molecule has 0 spiro atoms. The normalized spacial score (nSPS) is 13.0. The standard InChI is InChI=1S/C15H15F2NO2S/c1-10(13-4-3-5-14(16)15(13)17)18-11-6-8-12(9-7-11)21(2,19)20/h3-10,18H,1-2H3. The molecule has 21 heavy (non-hydrogen) atoms. The van der Waals surface area contributed by atoms with Gasteiger partial charge in [0.25, 0.3) is 0 Å². The minimum atomic E-state index is -3.25. The molecule has 0 saturated carbocycles. The number of anilines is 1. The highest BCUT2D eigenvalue weighted by Gasteiger charge is 2.14. The molecule has 0 aliphatic carbocycles. The fourth-order valence-electron chi connectivity index (χ4n) is 1.98. The van der Waals surface area contributed by atoms with Gasteiger partial charge in [0.2, 0.25) is 0 Å². The Labute approximate surface area is 122 Å². The van der Waals surface area contributed by atoms with Crippen LogP contribution in [0.5, 0.6) is 0 Å². The summed E-state index contributed by atoms with van der Waals surface area (Å²) in [4.78, 5) is 0.206. The number of hydrogen-bond acceptors (Lipinski definition) is 3. The quantitative estimate of drug-likeness (QED) is 0.939. The molecule has 2 aromatic carbocycles. The van der Waals surface area contributed by atoms with Gasteiger partial charge in [0.1, 0.15) is 0 Å². The van der Waals surface area contributed by atoms with Crippen molar-refractivity contribution in [3.8, 4) is 0 Å². The summed E-state index contributed by atoms with van der Waals surface area (Å²) in [5.74, 6) is -1.78. The van der Waals surface area contributed by atoms with E-state index >= 15 is 0 Å². The highest BCUT2D eigenvalue weighted by molar-refractivity contribution is 7.90. The lowest BCUT2D eigenvalue weighted by Crippen LogP contribution is -2.09. The first kappa shape index (κ1) is 15.4. The zero-order chi connectivity index (χ0) is 15.6. The summed E-state index contributed by atoms with van der Waals surface area (Å²) < 4.78 is 49.6. The maximum atomic E-state index is 13.7. The molecular weight excluding hydrogens is 296 g/mol. The van der Waals surface area contributed by atoms with E-state index in [1.54, 1.807) is 19.1 Å². The number of nitrogens with one attached hydrogen (secondary N) is 1. The second-order valence-electron chi connectivity index (χ2n) is 4.81. The van der Waals surface area contributed by atoms with Gasteiger partial charge < -0.3 is 5.32 Å². The zero-order valence-electron chi connectivity index (χ0n) is 11.6. The van der Waals surface area contributed by atoms with Gasteiger partial charge in [0.15, 0.2) is 21.5 Å². The van der Waals surface area contributed by atoms with E-state index in [0.29, 0.717) is 5.69 Å². The second kappa shape index (κ2) is 5.81. The lowest BCUT2D eigenvalue weighted by molar-refractivity contribution is 0.494. The number of hydrogen-bond donors (Lipinski definition) is 1. The van der Waals surface area contributed by atoms with E-state index < -0.39 is 27.5 Å². The first-order valence-electron chi connectivity index (χ1n) is 6.29. The molecule has 2 aromatic rings. The Hall–Kier alpha value is -1.95. The molecule has 0 fully saturated rings. The lowest BCUT2D eigenvalue weighted by Gasteiger charge is -2.16. The average Bonchev–Trinajstić information content (AvgIpc) is 2.41. The average molecular weight is 311 g/mol. The Bertz CT molecular complexity index is 743. The van der Waals surface area contributed by atoms with E-state index in [0.717, 1.165) is 12.3 Å². The van der Waals surface area contributed by atoms with Crippen LogP contribution in [0.25, 0.3) is 0 Å². The molecular formula is C15H15F2NO2S. The largest absolute Gasteiger partial charge is 0.378 e. The van der Waals surface area contributed by atoms with Crippen LogP contribution in [0.3, 0.4) is 0 Å². The fraction of sp³-hybridized carbons (Fsp3) is 0.200. The topological polar surface area (TPSA) is 46.2 Å². The van der Waals surface area contributed by atoms with Gasteiger partial charge in [0, 0.05) is 17.5 Å². The van der Waals surface area contributed by atoms with E-state index in [4.69, 9.17) is 0 Å². The van der Waals surface area contributed by atoms with Gasteiger partial charge in [-0.25, -0.2) is 17.2 Å². The van der Waals surface area contributed by atoms with E-state index in [-0.39, 0.29) is 10.5 Å². The highest BCUT2D eigenvalue weighted by Crippen LogP contribution is 2.23. The third-order valence-electron chi connectivity index (χ3n) is 3.11. The third-order valence-corrected chi connectivity index (χ3v) is 4.24. The Morgan fingerprint density at radius 2 is 1.67 bits per heavy atom. The van der Waals surface area contributed by atoms with Crippen LogP contribution in [-0.2, 0) is 9.84 Å². The molecule has 2 rings (SSSR count). The number of sulfone groups is 1. The monoisotopic (exact) mass is 311 g/mol.